The van der Waals surface area contributed by atoms with Crippen LogP contribution in [0, 0.1) is 0 Å². The van der Waals surface area contributed by atoms with Crippen molar-refractivity contribution < 1.29 is 19.0 Å². The van der Waals surface area contributed by atoms with E-state index in [0.29, 0.717) is 43.6 Å². The van der Waals surface area contributed by atoms with Crippen LogP contribution in [0.1, 0.15) is 23.7 Å². The van der Waals surface area contributed by atoms with Crippen molar-refractivity contribution in [3.8, 4) is 11.5 Å². The molecule has 2 aromatic carbocycles. The maximum Gasteiger partial charge on any atom is 0.251 e. The predicted octanol–water partition coefficient (Wildman–Crippen LogP) is 3.54. The van der Waals surface area contributed by atoms with E-state index in [1.54, 1.807) is 38.5 Å². The summed E-state index contributed by atoms with van der Waals surface area (Å²) in [5.41, 5.74) is 1.42. The van der Waals surface area contributed by atoms with Crippen molar-refractivity contribution in [1.82, 2.24) is 10.6 Å². The monoisotopic (exact) mass is 556 g/mol. The molecule has 176 valence electrons. The Bertz CT molecular complexity index is 848. The van der Waals surface area contributed by atoms with Crippen molar-refractivity contribution in [2.45, 2.75) is 13.3 Å². The Labute approximate surface area is 207 Å². The third-order valence-electron chi connectivity index (χ3n) is 4.20. The van der Waals surface area contributed by atoms with Gasteiger partial charge in [0.25, 0.3) is 5.91 Å². The summed E-state index contributed by atoms with van der Waals surface area (Å²) in [5, 5.41) is 9.33. The van der Waals surface area contributed by atoms with Crippen molar-refractivity contribution in [2.24, 2.45) is 4.99 Å². The van der Waals surface area contributed by atoms with Gasteiger partial charge in [0.15, 0.2) is 5.96 Å². The number of aliphatic imine (C=N–C) groups is 1. The smallest absolute Gasteiger partial charge is 0.251 e. The molecule has 2 rings (SSSR count). The number of anilines is 1. The number of methoxy groups -OCH3 is 2. The van der Waals surface area contributed by atoms with E-state index in [9.17, 15) is 4.79 Å². The number of guanidine groups is 1. The van der Waals surface area contributed by atoms with E-state index in [-0.39, 0.29) is 29.9 Å². The average Bonchev–Trinajstić information content (AvgIpc) is 2.80. The van der Waals surface area contributed by atoms with Crippen molar-refractivity contribution in [1.29, 1.82) is 0 Å². The summed E-state index contributed by atoms with van der Waals surface area (Å²) in [4.78, 5) is 16.8. The highest BCUT2D eigenvalue weighted by molar-refractivity contribution is 14.0. The number of nitrogens with one attached hydrogen (secondary N) is 3. The molecule has 0 aliphatic carbocycles. The fourth-order valence-electron chi connectivity index (χ4n) is 2.70. The van der Waals surface area contributed by atoms with Crippen LogP contribution in [0.5, 0.6) is 11.5 Å². The summed E-state index contributed by atoms with van der Waals surface area (Å²) in [6, 6.07) is 14.7. The summed E-state index contributed by atoms with van der Waals surface area (Å²) in [5.74, 6) is 1.90. The molecule has 0 unspecified atom stereocenters. The molecular formula is C23H33IN4O4. The number of hydrogen-bond acceptors (Lipinski definition) is 5. The highest BCUT2D eigenvalue weighted by Crippen LogP contribution is 2.17. The zero-order valence-corrected chi connectivity index (χ0v) is 21.2. The fraction of sp³-hybridized carbons (Fsp3) is 0.391. The van der Waals surface area contributed by atoms with Gasteiger partial charge in [0.2, 0.25) is 0 Å². The number of amides is 1. The summed E-state index contributed by atoms with van der Waals surface area (Å²) in [6.07, 6.45) is 0.833. The molecule has 0 aliphatic rings. The Morgan fingerprint density at radius 3 is 2.53 bits per heavy atom. The highest BCUT2D eigenvalue weighted by Gasteiger charge is 2.06. The molecule has 32 heavy (non-hydrogen) atoms. The normalized spacial score (nSPS) is 10.7. The van der Waals surface area contributed by atoms with Crippen LogP contribution in [-0.4, -0.2) is 58.9 Å². The van der Waals surface area contributed by atoms with E-state index in [1.165, 1.54) is 0 Å². The lowest BCUT2D eigenvalue weighted by molar-refractivity contribution is 0.0954. The van der Waals surface area contributed by atoms with Gasteiger partial charge in [0.05, 0.1) is 20.3 Å². The second-order valence-electron chi connectivity index (χ2n) is 6.60. The summed E-state index contributed by atoms with van der Waals surface area (Å²) < 4.78 is 15.9. The van der Waals surface area contributed by atoms with Crippen molar-refractivity contribution in [2.75, 3.05) is 52.4 Å². The number of carbonyl (C=O) groups excluding carboxylic acids is 1. The molecule has 0 aromatic heterocycles. The molecule has 2 aromatic rings. The van der Waals surface area contributed by atoms with Crippen LogP contribution in [0.4, 0.5) is 5.69 Å². The summed E-state index contributed by atoms with van der Waals surface area (Å²) in [6.45, 7) is 4.82. The number of halogens is 1. The Balaban J connectivity index is 0.00000512. The van der Waals surface area contributed by atoms with E-state index in [1.807, 2.05) is 31.2 Å². The van der Waals surface area contributed by atoms with Gasteiger partial charge in [0.1, 0.15) is 11.5 Å². The molecule has 0 fully saturated rings. The van der Waals surface area contributed by atoms with Gasteiger partial charge in [-0.25, -0.2) is 0 Å². The van der Waals surface area contributed by atoms with E-state index >= 15 is 0 Å². The molecule has 0 radical (unpaired) electrons. The quantitative estimate of drug-likeness (QED) is 0.160. The third kappa shape index (κ3) is 10.2. The van der Waals surface area contributed by atoms with Gasteiger partial charge in [-0.2, -0.15) is 0 Å². The lowest BCUT2D eigenvalue weighted by Gasteiger charge is -2.13. The lowest BCUT2D eigenvalue weighted by atomic mass is 10.2. The first kappa shape index (κ1) is 27.5. The Kier molecular flexibility index (Phi) is 13.9. The standard InChI is InChI=1S/C23H32N4O4.HI/c1-4-24-23(27-19-9-6-11-21(17-19)31-15-7-14-29-2)26-13-12-25-22(28)18-8-5-10-20(16-18)30-3;/h5-6,8-11,16-17H,4,7,12-15H2,1-3H3,(H,25,28)(H2,24,26,27);1H. The third-order valence-corrected chi connectivity index (χ3v) is 4.20. The molecule has 1 amide bonds. The van der Waals surface area contributed by atoms with Crippen molar-refractivity contribution in [3.63, 3.8) is 0 Å². The van der Waals surface area contributed by atoms with E-state index in [4.69, 9.17) is 14.2 Å². The van der Waals surface area contributed by atoms with Crippen LogP contribution in [0.25, 0.3) is 0 Å². The minimum absolute atomic E-state index is 0. The second kappa shape index (κ2) is 16.2. The van der Waals surface area contributed by atoms with Gasteiger partial charge in [0, 0.05) is 50.5 Å². The molecule has 3 N–H and O–H groups in total. The van der Waals surface area contributed by atoms with E-state index < -0.39 is 0 Å². The Morgan fingerprint density at radius 1 is 1.00 bits per heavy atom. The molecular weight excluding hydrogens is 523 g/mol. The molecule has 0 aliphatic heterocycles. The molecule has 9 heteroatoms. The fourth-order valence-corrected chi connectivity index (χ4v) is 2.70. The largest absolute Gasteiger partial charge is 0.497 e. The van der Waals surface area contributed by atoms with Gasteiger partial charge in [-0.3, -0.25) is 9.79 Å². The van der Waals surface area contributed by atoms with Gasteiger partial charge in [-0.05, 0) is 37.3 Å². The minimum atomic E-state index is -0.162. The number of benzene rings is 2. The Morgan fingerprint density at radius 2 is 1.78 bits per heavy atom. The SMILES string of the molecule is CCNC(=NCCNC(=O)c1cccc(OC)c1)Nc1cccc(OCCCOC)c1.I. The first-order valence-electron chi connectivity index (χ1n) is 10.4. The molecule has 0 saturated carbocycles. The summed E-state index contributed by atoms with van der Waals surface area (Å²) in [7, 11) is 3.25. The van der Waals surface area contributed by atoms with E-state index in [2.05, 4.69) is 20.9 Å². The lowest BCUT2D eigenvalue weighted by Crippen LogP contribution is -2.32. The van der Waals surface area contributed by atoms with Crippen LogP contribution in [-0.2, 0) is 4.74 Å². The number of nitrogens with zero attached hydrogens (tertiary/aromatic N) is 1. The number of hydrogen-bond donors (Lipinski definition) is 3. The maximum absolute atomic E-state index is 12.3. The zero-order valence-electron chi connectivity index (χ0n) is 18.8. The van der Waals surface area contributed by atoms with E-state index in [0.717, 1.165) is 24.4 Å². The van der Waals surface area contributed by atoms with Gasteiger partial charge in [-0.15, -0.1) is 24.0 Å². The highest BCUT2D eigenvalue weighted by atomic mass is 127. The van der Waals surface area contributed by atoms with Gasteiger partial charge >= 0.3 is 0 Å². The van der Waals surface area contributed by atoms with Crippen LogP contribution in [0.2, 0.25) is 0 Å². The zero-order chi connectivity index (χ0) is 22.3. The molecule has 0 heterocycles. The second-order valence-corrected chi connectivity index (χ2v) is 6.60. The number of rotatable bonds is 12. The van der Waals surface area contributed by atoms with Crippen LogP contribution in [0.3, 0.4) is 0 Å². The first-order valence-corrected chi connectivity index (χ1v) is 10.4. The number of ether oxygens (including phenoxy) is 3. The molecule has 0 saturated heterocycles. The average molecular weight is 556 g/mol. The predicted molar refractivity (Wildman–Crippen MR) is 139 cm³/mol. The minimum Gasteiger partial charge on any atom is -0.497 e. The number of carbonyl (C=O) groups is 1. The van der Waals surface area contributed by atoms with Crippen LogP contribution < -0.4 is 25.4 Å². The van der Waals surface area contributed by atoms with Crippen molar-refractivity contribution in [3.05, 3.63) is 54.1 Å². The van der Waals surface area contributed by atoms with Crippen LogP contribution in [0.15, 0.2) is 53.5 Å². The molecule has 0 bridgehead atoms. The van der Waals surface area contributed by atoms with Gasteiger partial charge < -0.3 is 30.2 Å². The molecule has 0 atom stereocenters. The first-order chi connectivity index (χ1) is 15.2. The topological polar surface area (TPSA) is 93.2 Å². The Hall–Kier alpha value is -2.53. The van der Waals surface area contributed by atoms with Crippen LogP contribution >= 0.6 is 24.0 Å². The molecule has 8 nitrogen and oxygen atoms in total. The molecule has 0 spiro atoms. The summed E-state index contributed by atoms with van der Waals surface area (Å²) >= 11 is 0. The van der Waals surface area contributed by atoms with Gasteiger partial charge in [-0.1, -0.05) is 12.1 Å². The van der Waals surface area contributed by atoms with Crippen molar-refractivity contribution >= 4 is 41.5 Å². The maximum atomic E-state index is 12.3.